The molecule has 1 N–H and O–H groups in total. The highest BCUT2D eigenvalue weighted by atomic mass is 32.2. The zero-order chi connectivity index (χ0) is 19.6. The number of nitrogens with zero attached hydrogens (tertiary/aromatic N) is 3. The molecule has 1 fully saturated rings. The van der Waals surface area contributed by atoms with Gasteiger partial charge in [-0.1, -0.05) is 25.6 Å². The van der Waals surface area contributed by atoms with Crippen molar-refractivity contribution in [3.8, 4) is 0 Å². The van der Waals surface area contributed by atoms with Gasteiger partial charge in [-0.3, -0.25) is 4.90 Å². The van der Waals surface area contributed by atoms with Gasteiger partial charge < -0.3 is 14.8 Å². The van der Waals surface area contributed by atoms with E-state index < -0.39 is 0 Å². The summed E-state index contributed by atoms with van der Waals surface area (Å²) in [6.45, 7) is 12.8. The van der Waals surface area contributed by atoms with Gasteiger partial charge in [0.25, 0.3) is 0 Å². The summed E-state index contributed by atoms with van der Waals surface area (Å²) in [5, 5.41) is 5.71. The quantitative estimate of drug-likeness (QED) is 0.538. The maximum atomic E-state index is 6.17. The van der Waals surface area contributed by atoms with E-state index in [-0.39, 0.29) is 5.60 Å². The van der Waals surface area contributed by atoms with Gasteiger partial charge in [0, 0.05) is 37.5 Å². The molecule has 0 amide bonds. The van der Waals surface area contributed by atoms with E-state index in [0.717, 1.165) is 73.8 Å². The van der Waals surface area contributed by atoms with Crippen LogP contribution in [0.4, 0.5) is 5.82 Å². The number of rotatable bonds is 7. The molecular weight excluding hydrogens is 392 g/mol. The van der Waals surface area contributed by atoms with Crippen LogP contribution in [0.2, 0.25) is 0 Å². The van der Waals surface area contributed by atoms with E-state index in [1.54, 1.807) is 23.1 Å². The first-order valence-corrected chi connectivity index (χ1v) is 12.0. The van der Waals surface area contributed by atoms with Crippen LogP contribution in [-0.4, -0.2) is 65.6 Å². The monoisotopic (exact) mass is 422 g/mol. The number of hydrogen-bond donors (Lipinski definition) is 1. The van der Waals surface area contributed by atoms with E-state index in [4.69, 9.17) is 19.4 Å². The van der Waals surface area contributed by atoms with Crippen LogP contribution in [0.3, 0.4) is 0 Å². The smallest absolute Gasteiger partial charge is 0.190 e. The minimum absolute atomic E-state index is 0.0943. The number of fused-ring (bicyclic) bond motifs is 3. The molecule has 0 saturated carbocycles. The van der Waals surface area contributed by atoms with E-state index in [9.17, 15) is 0 Å². The number of nitrogens with one attached hydrogen (secondary N) is 1. The predicted molar refractivity (Wildman–Crippen MR) is 117 cm³/mol. The molecule has 154 valence electrons. The molecular formula is C20H30N4O2S2. The van der Waals surface area contributed by atoms with E-state index in [1.165, 1.54) is 15.8 Å². The zero-order valence-corrected chi connectivity index (χ0v) is 18.7. The second-order valence-corrected chi connectivity index (χ2v) is 9.94. The Bertz CT molecular complexity index is 822. The molecule has 6 nitrogen and oxygen atoms in total. The van der Waals surface area contributed by atoms with Gasteiger partial charge in [-0.05, 0) is 24.7 Å². The van der Waals surface area contributed by atoms with Crippen LogP contribution in [0.15, 0.2) is 5.16 Å². The van der Waals surface area contributed by atoms with Crippen LogP contribution in [0, 0.1) is 0 Å². The fourth-order valence-corrected chi connectivity index (χ4v) is 5.49. The molecule has 0 unspecified atom stereocenters. The number of aromatic nitrogens is 2. The van der Waals surface area contributed by atoms with Gasteiger partial charge >= 0.3 is 0 Å². The van der Waals surface area contributed by atoms with Crippen molar-refractivity contribution in [3.63, 3.8) is 0 Å². The van der Waals surface area contributed by atoms with E-state index in [2.05, 4.69) is 31.0 Å². The Balaban J connectivity index is 1.61. The zero-order valence-electron chi connectivity index (χ0n) is 17.0. The second-order valence-electron chi connectivity index (χ2n) is 7.62. The lowest BCUT2D eigenvalue weighted by molar-refractivity contribution is -0.0542. The van der Waals surface area contributed by atoms with Gasteiger partial charge in [-0.15, -0.1) is 11.3 Å². The molecule has 2 aliphatic rings. The Morgan fingerprint density at radius 2 is 2.07 bits per heavy atom. The second kappa shape index (κ2) is 8.83. The van der Waals surface area contributed by atoms with Crippen molar-refractivity contribution in [3.05, 3.63) is 10.4 Å². The molecule has 0 bridgehead atoms. The Labute approximate surface area is 175 Å². The highest BCUT2D eigenvalue weighted by Crippen LogP contribution is 2.42. The lowest BCUT2D eigenvalue weighted by atomic mass is 9.90. The van der Waals surface area contributed by atoms with Crippen molar-refractivity contribution in [1.29, 1.82) is 0 Å². The summed E-state index contributed by atoms with van der Waals surface area (Å²) in [6, 6.07) is 0. The molecule has 1 saturated heterocycles. The Morgan fingerprint density at radius 3 is 2.82 bits per heavy atom. The standard InChI is InChI=1S/C20H30N4O2S2/c1-4-20(3)12-14-15(13-26-20)28-18-16(14)17(22-19(23-18)27-5-2)21-6-7-24-8-10-25-11-9-24/h4-13H2,1-3H3,(H,21,22,23)/t20-/m0/s1. The fraction of sp³-hybridized carbons (Fsp3) is 0.700. The molecule has 2 aliphatic heterocycles. The minimum atomic E-state index is -0.0943. The molecule has 0 radical (unpaired) electrons. The van der Waals surface area contributed by atoms with Crippen LogP contribution in [-0.2, 0) is 22.5 Å². The molecule has 4 rings (SSSR count). The van der Waals surface area contributed by atoms with Crippen LogP contribution in [0.25, 0.3) is 10.2 Å². The number of thioether (sulfide) groups is 1. The Kier molecular flexibility index (Phi) is 6.42. The maximum Gasteiger partial charge on any atom is 0.190 e. The highest BCUT2D eigenvalue weighted by Gasteiger charge is 2.33. The molecule has 8 heteroatoms. The first-order chi connectivity index (χ1) is 13.6. The number of anilines is 1. The summed E-state index contributed by atoms with van der Waals surface area (Å²) in [4.78, 5) is 14.6. The van der Waals surface area contributed by atoms with E-state index in [1.807, 2.05) is 0 Å². The number of hydrogen-bond acceptors (Lipinski definition) is 8. The Morgan fingerprint density at radius 1 is 1.25 bits per heavy atom. The SMILES string of the molecule is CCSc1nc(NCCN2CCOCC2)c2c3c(sc2n1)CO[C@@](C)(CC)C3. The molecule has 28 heavy (non-hydrogen) atoms. The average molecular weight is 423 g/mol. The lowest BCUT2D eigenvalue weighted by Gasteiger charge is -2.33. The van der Waals surface area contributed by atoms with Gasteiger partial charge in [-0.2, -0.15) is 0 Å². The van der Waals surface area contributed by atoms with Crippen molar-refractivity contribution in [1.82, 2.24) is 14.9 Å². The highest BCUT2D eigenvalue weighted by molar-refractivity contribution is 7.99. The minimum Gasteiger partial charge on any atom is -0.379 e. The van der Waals surface area contributed by atoms with Crippen molar-refractivity contribution in [2.24, 2.45) is 0 Å². The van der Waals surface area contributed by atoms with Gasteiger partial charge in [0.2, 0.25) is 0 Å². The first kappa shape index (κ1) is 20.3. The normalized spacial score (nSPS) is 23.1. The van der Waals surface area contributed by atoms with Gasteiger partial charge in [-0.25, -0.2) is 9.97 Å². The molecule has 4 heterocycles. The van der Waals surface area contributed by atoms with Crippen molar-refractivity contribution in [2.75, 3.05) is 50.5 Å². The molecule has 0 aromatic carbocycles. The third-order valence-corrected chi connectivity index (χ3v) is 7.49. The predicted octanol–water partition coefficient (Wildman–Crippen LogP) is 3.79. The van der Waals surface area contributed by atoms with Crippen molar-refractivity contribution >= 4 is 39.1 Å². The van der Waals surface area contributed by atoms with E-state index >= 15 is 0 Å². The Hall–Kier alpha value is -0.930. The summed E-state index contributed by atoms with van der Waals surface area (Å²) in [6.07, 6.45) is 1.94. The molecule has 1 atom stereocenters. The van der Waals surface area contributed by atoms with Crippen LogP contribution in [0.1, 0.15) is 37.6 Å². The summed E-state index contributed by atoms with van der Waals surface area (Å²) in [7, 11) is 0. The number of morpholine rings is 1. The molecule has 0 spiro atoms. The topological polar surface area (TPSA) is 59.5 Å². The van der Waals surface area contributed by atoms with E-state index in [0.29, 0.717) is 6.61 Å². The van der Waals surface area contributed by atoms with Gasteiger partial charge in [0.15, 0.2) is 5.16 Å². The average Bonchev–Trinajstić information content (AvgIpc) is 3.06. The summed E-state index contributed by atoms with van der Waals surface area (Å²) < 4.78 is 11.6. The van der Waals surface area contributed by atoms with Crippen LogP contribution >= 0.6 is 23.1 Å². The van der Waals surface area contributed by atoms with Crippen LogP contribution < -0.4 is 5.32 Å². The molecule has 0 aliphatic carbocycles. The third kappa shape index (κ3) is 4.31. The lowest BCUT2D eigenvalue weighted by Crippen LogP contribution is -2.39. The molecule has 2 aromatic heterocycles. The largest absolute Gasteiger partial charge is 0.379 e. The van der Waals surface area contributed by atoms with Gasteiger partial charge in [0.05, 0.1) is 30.8 Å². The fourth-order valence-electron chi connectivity index (χ4n) is 3.76. The van der Waals surface area contributed by atoms with Gasteiger partial charge in [0.1, 0.15) is 10.6 Å². The van der Waals surface area contributed by atoms with Crippen molar-refractivity contribution in [2.45, 2.75) is 51.0 Å². The number of ether oxygens (including phenoxy) is 2. The third-order valence-electron chi connectivity index (χ3n) is 5.66. The summed E-state index contributed by atoms with van der Waals surface area (Å²) >= 11 is 3.47. The first-order valence-electron chi connectivity index (χ1n) is 10.2. The summed E-state index contributed by atoms with van der Waals surface area (Å²) in [5.41, 5.74) is 1.29. The van der Waals surface area contributed by atoms with Crippen molar-refractivity contribution < 1.29 is 9.47 Å². The molecule has 2 aromatic rings. The van der Waals surface area contributed by atoms with Crippen LogP contribution in [0.5, 0.6) is 0 Å². The number of thiophene rings is 1. The maximum absolute atomic E-state index is 6.17. The summed E-state index contributed by atoms with van der Waals surface area (Å²) in [5.74, 6) is 1.97.